The summed E-state index contributed by atoms with van der Waals surface area (Å²) in [6, 6.07) is 11.9. The highest BCUT2D eigenvalue weighted by atomic mass is 19.1. The molecule has 0 aliphatic carbocycles. The SMILES string of the molecule is Cc1cccc(C(=O)N2CC[C@H]3C(=O)N(C)CCN(c4ccc(F)cc4)[C@H]3CC2)n1. The molecule has 2 aliphatic heterocycles. The normalized spacial score (nSPS) is 22.4. The molecule has 158 valence electrons. The molecule has 0 spiro atoms. The topological polar surface area (TPSA) is 56.8 Å². The van der Waals surface area contributed by atoms with Crippen LogP contribution in [0.2, 0.25) is 0 Å². The van der Waals surface area contributed by atoms with Gasteiger partial charge >= 0.3 is 0 Å². The van der Waals surface area contributed by atoms with Gasteiger partial charge in [0.2, 0.25) is 5.91 Å². The van der Waals surface area contributed by atoms with E-state index >= 15 is 0 Å². The van der Waals surface area contributed by atoms with E-state index in [0.717, 1.165) is 11.4 Å². The van der Waals surface area contributed by atoms with Crippen molar-refractivity contribution in [1.29, 1.82) is 0 Å². The number of amides is 2. The molecule has 2 aliphatic rings. The average Bonchev–Trinajstić information content (AvgIpc) is 3.02. The summed E-state index contributed by atoms with van der Waals surface area (Å²) >= 11 is 0. The first-order valence-electron chi connectivity index (χ1n) is 10.4. The van der Waals surface area contributed by atoms with Gasteiger partial charge in [-0.15, -0.1) is 0 Å². The van der Waals surface area contributed by atoms with Gasteiger partial charge in [-0.3, -0.25) is 9.59 Å². The minimum atomic E-state index is -0.276. The number of aromatic nitrogens is 1. The van der Waals surface area contributed by atoms with Crippen LogP contribution in [0, 0.1) is 18.7 Å². The Balaban J connectivity index is 1.60. The van der Waals surface area contributed by atoms with Crippen LogP contribution in [-0.2, 0) is 4.79 Å². The summed E-state index contributed by atoms with van der Waals surface area (Å²) in [6.45, 7) is 4.25. The number of likely N-dealkylation sites (N-methyl/N-ethyl adjacent to an activating group) is 1. The minimum Gasteiger partial charge on any atom is -0.366 e. The Kier molecular flexibility index (Phi) is 5.70. The maximum atomic E-state index is 13.5. The minimum absolute atomic E-state index is 0.0313. The van der Waals surface area contributed by atoms with Crippen LogP contribution < -0.4 is 4.90 Å². The fraction of sp³-hybridized carbons (Fsp3) is 0.435. The summed E-state index contributed by atoms with van der Waals surface area (Å²) in [5.74, 6) is -0.454. The van der Waals surface area contributed by atoms with Crippen molar-refractivity contribution >= 4 is 17.5 Å². The van der Waals surface area contributed by atoms with Gasteiger partial charge in [-0.25, -0.2) is 9.37 Å². The molecule has 6 nitrogen and oxygen atoms in total. The van der Waals surface area contributed by atoms with Gasteiger partial charge in [0, 0.05) is 50.6 Å². The number of carbonyl (C=O) groups excluding carboxylic acids is 2. The fourth-order valence-electron chi connectivity index (χ4n) is 4.55. The van der Waals surface area contributed by atoms with E-state index < -0.39 is 0 Å². The first-order valence-corrected chi connectivity index (χ1v) is 10.4. The van der Waals surface area contributed by atoms with Crippen molar-refractivity contribution in [2.45, 2.75) is 25.8 Å². The van der Waals surface area contributed by atoms with Crippen LogP contribution in [0.1, 0.15) is 29.0 Å². The van der Waals surface area contributed by atoms with Gasteiger partial charge in [0.15, 0.2) is 0 Å². The zero-order valence-electron chi connectivity index (χ0n) is 17.4. The van der Waals surface area contributed by atoms with Crippen molar-refractivity contribution in [2.75, 3.05) is 38.1 Å². The van der Waals surface area contributed by atoms with Gasteiger partial charge in [0.1, 0.15) is 11.5 Å². The number of likely N-dealkylation sites (tertiary alicyclic amines) is 1. The van der Waals surface area contributed by atoms with Gasteiger partial charge in [0.05, 0.1) is 5.92 Å². The van der Waals surface area contributed by atoms with Crippen molar-refractivity contribution < 1.29 is 14.0 Å². The van der Waals surface area contributed by atoms with E-state index in [1.807, 2.05) is 31.0 Å². The van der Waals surface area contributed by atoms with Crippen molar-refractivity contribution in [3.05, 3.63) is 59.7 Å². The lowest BCUT2D eigenvalue weighted by molar-refractivity contribution is -0.134. The Hall–Kier alpha value is -2.96. The molecule has 2 aromatic rings. The van der Waals surface area contributed by atoms with Gasteiger partial charge < -0.3 is 14.7 Å². The van der Waals surface area contributed by atoms with Crippen LogP contribution in [-0.4, -0.2) is 65.9 Å². The second-order valence-corrected chi connectivity index (χ2v) is 8.14. The number of carbonyl (C=O) groups is 2. The van der Waals surface area contributed by atoms with E-state index in [2.05, 4.69) is 9.88 Å². The smallest absolute Gasteiger partial charge is 0.272 e. The maximum absolute atomic E-state index is 13.5. The standard InChI is InChI=1S/C23H27FN4O2/c1-16-4-3-5-20(25-16)23(30)27-12-10-19-21(11-13-27)28(15-14-26(2)22(19)29)18-8-6-17(24)7-9-18/h3-9,19,21H,10-15H2,1-2H3/t19-,21+/m1/s1. The number of hydrogen-bond acceptors (Lipinski definition) is 4. The summed E-state index contributed by atoms with van der Waals surface area (Å²) < 4.78 is 13.5. The number of halogens is 1. The number of rotatable bonds is 2. The first kappa shape index (κ1) is 20.3. The third-order valence-electron chi connectivity index (χ3n) is 6.19. The highest BCUT2D eigenvalue weighted by Gasteiger charge is 2.40. The summed E-state index contributed by atoms with van der Waals surface area (Å²) in [7, 11) is 1.83. The Labute approximate surface area is 176 Å². The molecular weight excluding hydrogens is 383 g/mol. The van der Waals surface area contributed by atoms with Crippen LogP contribution in [0.3, 0.4) is 0 Å². The molecule has 30 heavy (non-hydrogen) atoms. The molecule has 0 bridgehead atoms. The third-order valence-corrected chi connectivity index (χ3v) is 6.19. The third kappa shape index (κ3) is 4.01. The predicted octanol–water partition coefficient (Wildman–Crippen LogP) is 2.73. The predicted molar refractivity (Wildman–Crippen MR) is 113 cm³/mol. The molecule has 2 saturated heterocycles. The summed E-state index contributed by atoms with van der Waals surface area (Å²) in [5.41, 5.74) is 2.16. The summed E-state index contributed by atoms with van der Waals surface area (Å²) in [6.07, 6.45) is 1.28. The van der Waals surface area contributed by atoms with Gasteiger partial charge in [-0.2, -0.15) is 0 Å². The van der Waals surface area contributed by atoms with Crippen molar-refractivity contribution in [2.24, 2.45) is 5.92 Å². The van der Waals surface area contributed by atoms with Gasteiger partial charge in [-0.1, -0.05) is 6.07 Å². The van der Waals surface area contributed by atoms with Crippen molar-refractivity contribution in [1.82, 2.24) is 14.8 Å². The van der Waals surface area contributed by atoms with Gasteiger partial charge in [0.25, 0.3) is 5.91 Å². The van der Waals surface area contributed by atoms with E-state index in [-0.39, 0.29) is 29.6 Å². The van der Waals surface area contributed by atoms with Gasteiger partial charge in [-0.05, 0) is 56.2 Å². The molecule has 2 amide bonds. The molecule has 0 saturated carbocycles. The number of nitrogens with zero attached hydrogens (tertiary/aromatic N) is 4. The summed E-state index contributed by atoms with van der Waals surface area (Å²) in [5, 5.41) is 0. The summed E-state index contributed by atoms with van der Waals surface area (Å²) in [4.78, 5) is 36.3. The molecule has 4 rings (SSSR count). The molecule has 0 unspecified atom stereocenters. The number of pyridine rings is 1. The van der Waals surface area contributed by atoms with Crippen molar-refractivity contribution in [3.63, 3.8) is 0 Å². The van der Waals surface area contributed by atoms with E-state index in [1.165, 1.54) is 12.1 Å². The fourth-order valence-corrected chi connectivity index (χ4v) is 4.55. The zero-order valence-corrected chi connectivity index (χ0v) is 17.4. The number of hydrogen-bond donors (Lipinski definition) is 0. The van der Waals surface area contributed by atoms with Crippen LogP contribution in [0.4, 0.5) is 10.1 Å². The van der Waals surface area contributed by atoms with Crippen molar-refractivity contribution in [3.8, 4) is 0 Å². The second-order valence-electron chi connectivity index (χ2n) is 8.14. The first-order chi connectivity index (χ1) is 14.4. The largest absolute Gasteiger partial charge is 0.366 e. The number of benzene rings is 1. The molecule has 0 radical (unpaired) electrons. The van der Waals surface area contributed by atoms with E-state index in [0.29, 0.717) is 44.7 Å². The lowest BCUT2D eigenvalue weighted by Gasteiger charge is -2.34. The molecule has 0 N–H and O–H groups in total. The van der Waals surface area contributed by atoms with Crippen LogP contribution >= 0.6 is 0 Å². The number of fused-ring (bicyclic) bond motifs is 1. The average molecular weight is 410 g/mol. The molecule has 1 aromatic heterocycles. The molecule has 7 heteroatoms. The molecule has 2 atom stereocenters. The Morgan fingerprint density at radius 1 is 1.03 bits per heavy atom. The lowest BCUT2D eigenvalue weighted by Crippen LogP contribution is -2.43. The maximum Gasteiger partial charge on any atom is 0.272 e. The zero-order chi connectivity index (χ0) is 21.3. The monoisotopic (exact) mass is 410 g/mol. The molecule has 1 aromatic carbocycles. The lowest BCUT2D eigenvalue weighted by atomic mass is 9.92. The van der Waals surface area contributed by atoms with Crippen LogP contribution in [0.5, 0.6) is 0 Å². The Morgan fingerprint density at radius 3 is 2.50 bits per heavy atom. The second kappa shape index (κ2) is 8.42. The number of aryl methyl sites for hydroxylation is 1. The Bertz CT molecular complexity index is 933. The Morgan fingerprint density at radius 2 is 1.77 bits per heavy atom. The molecular formula is C23H27FN4O2. The van der Waals surface area contributed by atoms with Crippen LogP contribution in [0.25, 0.3) is 0 Å². The quantitative estimate of drug-likeness (QED) is 0.764. The highest BCUT2D eigenvalue weighted by Crippen LogP contribution is 2.31. The van der Waals surface area contributed by atoms with E-state index in [1.54, 1.807) is 23.1 Å². The van der Waals surface area contributed by atoms with E-state index in [9.17, 15) is 14.0 Å². The molecule has 2 fully saturated rings. The number of anilines is 1. The van der Waals surface area contributed by atoms with E-state index in [4.69, 9.17) is 0 Å². The van der Waals surface area contributed by atoms with Crippen LogP contribution in [0.15, 0.2) is 42.5 Å². The molecule has 3 heterocycles. The highest BCUT2D eigenvalue weighted by molar-refractivity contribution is 5.92.